The maximum atomic E-state index is 5.15. The van der Waals surface area contributed by atoms with Gasteiger partial charge in [0.15, 0.2) is 0 Å². The predicted molar refractivity (Wildman–Crippen MR) is 74.4 cm³/mol. The van der Waals surface area contributed by atoms with Crippen molar-refractivity contribution in [2.24, 2.45) is 0 Å². The first-order valence-corrected chi connectivity index (χ1v) is 7.08. The van der Waals surface area contributed by atoms with Gasteiger partial charge in [-0.1, -0.05) is 6.07 Å². The van der Waals surface area contributed by atoms with Crippen LogP contribution < -0.4 is 10.1 Å². The van der Waals surface area contributed by atoms with Crippen LogP contribution in [-0.4, -0.2) is 12.1 Å². The van der Waals surface area contributed by atoms with E-state index in [4.69, 9.17) is 4.74 Å². The molecule has 3 rings (SSSR count). The maximum Gasteiger partial charge on any atom is 0.214 e. The van der Waals surface area contributed by atoms with E-state index in [1.807, 2.05) is 29.5 Å². The Morgan fingerprint density at radius 2 is 2.33 bits per heavy atom. The first kappa shape index (κ1) is 11.5. The highest BCUT2D eigenvalue weighted by Crippen LogP contribution is 2.35. The number of nitrogens with one attached hydrogen (secondary N) is 1. The van der Waals surface area contributed by atoms with Crippen LogP contribution in [0.5, 0.6) is 5.88 Å². The fourth-order valence-corrected chi connectivity index (χ4v) is 3.41. The van der Waals surface area contributed by atoms with Gasteiger partial charge in [-0.05, 0) is 42.3 Å². The Balaban J connectivity index is 1.81. The van der Waals surface area contributed by atoms with Gasteiger partial charge in [0.1, 0.15) is 5.82 Å². The third-order valence-electron chi connectivity index (χ3n) is 3.31. The molecule has 2 aromatic rings. The number of ether oxygens (including phenoxy) is 1. The lowest BCUT2D eigenvalue weighted by Gasteiger charge is -2.24. The molecule has 0 spiro atoms. The number of methoxy groups -OCH3 is 1. The number of hydrogen-bond acceptors (Lipinski definition) is 4. The van der Waals surface area contributed by atoms with Crippen molar-refractivity contribution < 1.29 is 4.74 Å². The molecule has 18 heavy (non-hydrogen) atoms. The second-order valence-corrected chi connectivity index (χ2v) is 5.45. The fraction of sp³-hybridized carbons (Fsp3) is 0.357. The van der Waals surface area contributed by atoms with Crippen LogP contribution >= 0.6 is 11.3 Å². The molecule has 1 aliphatic rings. The molecule has 1 aliphatic carbocycles. The summed E-state index contributed by atoms with van der Waals surface area (Å²) in [6, 6.07) is 8.44. The summed E-state index contributed by atoms with van der Waals surface area (Å²) in [7, 11) is 1.64. The number of anilines is 1. The molecule has 1 N–H and O–H groups in total. The van der Waals surface area contributed by atoms with Crippen LogP contribution in [0.4, 0.5) is 5.82 Å². The Hall–Kier alpha value is -1.55. The average molecular weight is 260 g/mol. The molecule has 4 heteroatoms. The SMILES string of the molecule is COc1cccc(NC2CCCc3sccc32)n1. The minimum Gasteiger partial charge on any atom is -0.481 e. The molecule has 0 saturated heterocycles. The number of hydrogen-bond donors (Lipinski definition) is 1. The van der Waals surface area contributed by atoms with Crippen LogP contribution in [0.2, 0.25) is 0 Å². The van der Waals surface area contributed by atoms with Crippen molar-refractivity contribution >= 4 is 17.2 Å². The number of pyridine rings is 1. The van der Waals surface area contributed by atoms with E-state index in [0.717, 1.165) is 5.82 Å². The van der Waals surface area contributed by atoms with E-state index < -0.39 is 0 Å². The van der Waals surface area contributed by atoms with Crippen LogP contribution in [0.1, 0.15) is 29.3 Å². The quantitative estimate of drug-likeness (QED) is 0.914. The van der Waals surface area contributed by atoms with Crippen molar-refractivity contribution in [3.05, 3.63) is 40.1 Å². The van der Waals surface area contributed by atoms with Crippen molar-refractivity contribution in [3.8, 4) is 5.88 Å². The van der Waals surface area contributed by atoms with Gasteiger partial charge in [-0.15, -0.1) is 11.3 Å². The van der Waals surface area contributed by atoms with E-state index >= 15 is 0 Å². The number of aromatic nitrogens is 1. The second kappa shape index (κ2) is 4.98. The largest absolute Gasteiger partial charge is 0.481 e. The summed E-state index contributed by atoms with van der Waals surface area (Å²) >= 11 is 1.86. The molecule has 0 aromatic carbocycles. The number of aryl methyl sites for hydroxylation is 1. The third-order valence-corrected chi connectivity index (χ3v) is 4.30. The van der Waals surface area contributed by atoms with Gasteiger partial charge in [0.05, 0.1) is 13.2 Å². The predicted octanol–water partition coefficient (Wildman–Crippen LogP) is 3.64. The second-order valence-electron chi connectivity index (χ2n) is 4.45. The normalized spacial score (nSPS) is 18.2. The van der Waals surface area contributed by atoms with Crippen LogP contribution in [-0.2, 0) is 6.42 Å². The highest BCUT2D eigenvalue weighted by Gasteiger charge is 2.21. The van der Waals surface area contributed by atoms with Gasteiger partial charge in [0, 0.05) is 10.9 Å². The number of rotatable bonds is 3. The van der Waals surface area contributed by atoms with E-state index in [9.17, 15) is 0 Å². The summed E-state index contributed by atoms with van der Waals surface area (Å²) in [6.07, 6.45) is 3.63. The molecule has 0 saturated carbocycles. The van der Waals surface area contributed by atoms with Gasteiger partial charge >= 0.3 is 0 Å². The van der Waals surface area contributed by atoms with E-state index in [2.05, 4.69) is 21.7 Å². The molecule has 0 amide bonds. The monoisotopic (exact) mass is 260 g/mol. The van der Waals surface area contributed by atoms with E-state index in [1.54, 1.807) is 7.11 Å². The van der Waals surface area contributed by atoms with Gasteiger partial charge in [-0.2, -0.15) is 4.98 Å². The lowest BCUT2D eigenvalue weighted by molar-refractivity contribution is 0.398. The molecule has 0 aliphatic heterocycles. The van der Waals surface area contributed by atoms with Gasteiger partial charge in [0.25, 0.3) is 0 Å². The number of nitrogens with zero attached hydrogens (tertiary/aromatic N) is 1. The van der Waals surface area contributed by atoms with E-state index in [1.165, 1.54) is 29.7 Å². The fourth-order valence-electron chi connectivity index (χ4n) is 2.42. The van der Waals surface area contributed by atoms with Crippen LogP contribution in [0.15, 0.2) is 29.6 Å². The molecule has 2 aromatic heterocycles. The Morgan fingerprint density at radius 3 is 3.22 bits per heavy atom. The first-order chi connectivity index (χ1) is 8.86. The van der Waals surface area contributed by atoms with Crippen molar-refractivity contribution in [1.82, 2.24) is 4.98 Å². The molecule has 94 valence electrons. The standard InChI is InChI=1S/C14H16N2OS/c1-17-14-7-3-6-13(16-14)15-11-4-2-5-12-10(11)8-9-18-12/h3,6-9,11H,2,4-5H2,1H3,(H,15,16). The van der Waals surface area contributed by atoms with Crippen molar-refractivity contribution in [3.63, 3.8) is 0 Å². The lowest BCUT2D eigenvalue weighted by atomic mass is 9.94. The maximum absolute atomic E-state index is 5.15. The summed E-state index contributed by atoms with van der Waals surface area (Å²) in [5.41, 5.74) is 1.44. The number of fused-ring (bicyclic) bond motifs is 1. The van der Waals surface area contributed by atoms with Crippen LogP contribution in [0.25, 0.3) is 0 Å². The Morgan fingerprint density at radius 1 is 1.39 bits per heavy atom. The zero-order valence-electron chi connectivity index (χ0n) is 10.3. The Bertz CT molecular complexity index is 538. The Labute approximate surface area is 111 Å². The van der Waals surface area contributed by atoms with E-state index in [-0.39, 0.29) is 0 Å². The van der Waals surface area contributed by atoms with Crippen molar-refractivity contribution in [2.75, 3.05) is 12.4 Å². The minimum atomic E-state index is 0.389. The van der Waals surface area contributed by atoms with Crippen molar-refractivity contribution in [1.29, 1.82) is 0 Å². The van der Waals surface area contributed by atoms with E-state index in [0.29, 0.717) is 11.9 Å². The molecular weight excluding hydrogens is 244 g/mol. The topological polar surface area (TPSA) is 34.1 Å². The average Bonchev–Trinajstić information content (AvgIpc) is 2.88. The first-order valence-electron chi connectivity index (χ1n) is 6.20. The number of thiophene rings is 1. The van der Waals surface area contributed by atoms with Gasteiger partial charge in [-0.25, -0.2) is 0 Å². The minimum absolute atomic E-state index is 0.389. The van der Waals surface area contributed by atoms with Crippen molar-refractivity contribution in [2.45, 2.75) is 25.3 Å². The smallest absolute Gasteiger partial charge is 0.214 e. The molecule has 1 unspecified atom stereocenters. The highest BCUT2D eigenvalue weighted by atomic mass is 32.1. The lowest BCUT2D eigenvalue weighted by Crippen LogP contribution is -2.16. The van der Waals surface area contributed by atoms with Gasteiger partial charge in [-0.3, -0.25) is 0 Å². The summed E-state index contributed by atoms with van der Waals surface area (Å²) < 4.78 is 5.15. The van der Waals surface area contributed by atoms with Crippen LogP contribution in [0, 0.1) is 0 Å². The van der Waals surface area contributed by atoms with Gasteiger partial charge in [0.2, 0.25) is 5.88 Å². The molecule has 0 bridgehead atoms. The summed E-state index contributed by atoms with van der Waals surface area (Å²) in [4.78, 5) is 5.93. The zero-order valence-corrected chi connectivity index (χ0v) is 11.2. The Kier molecular flexibility index (Phi) is 3.19. The summed E-state index contributed by atoms with van der Waals surface area (Å²) in [5.74, 6) is 1.54. The zero-order chi connectivity index (χ0) is 12.4. The van der Waals surface area contributed by atoms with Crippen LogP contribution in [0.3, 0.4) is 0 Å². The molecule has 0 fully saturated rings. The molecule has 1 atom stereocenters. The summed E-state index contributed by atoms with van der Waals surface area (Å²) in [5, 5.41) is 5.70. The third kappa shape index (κ3) is 2.20. The highest BCUT2D eigenvalue weighted by molar-refractivity contribution is 7.10. The molecule has 3 nitrogen and oxygen atoms in total. The molecule has 0 radical (unpaired) electrons. The van der Waals surface area contributed by atoms with Gasteiger partial charge < -0.3 is 10.1 Å². The molecule has 2 heterocycles. The summed E-state index contributed by atoms with van der Waals surface area (Å²) in [6.45, 7) is 0. The molecular formula is C14H16N2OS.